The Hall–Kier alpha value is -2.72. The molecule has 1 aromatic carbocycles. The molecule has 3 fully saturated rings. The van der Waals surface area contributed by atoms with Gasteiger partial charge in [0, 0.05) is 31.7 Å². The molecule has 1 atom stereocenters. The zero-order valence-corrected chi connectivity index (χ0v) is 19.9. The van der Waals surface area contributed by atoms with Crippen LogP contribution in [0.3, 0.4) is 0 Å². The molecule has 0 saturated heterocycles. The van der Waals surface area contributed by atoms with Crippen molar-refractivity contribution in [2.75, 3.05) is 0 Å². The van der Waals surface area contributed by atoms with Gasteiger partial charge in [0.2, 0.25) is 17.7 Å². The Morgan fingerprint density at radius 2 is 1.75 bits per heavy atom. The number of hydrogen-bond donors (Lipinski definition) is 3. The van der Waals surface area contributed by atoms with Gasteiger partial charge in [-0.25, -0.2) is 13.8 Å². The topological polar surface area (TPSA) is 86.9 Å². The standard InChI is InChI=1S/C19H21F3N4O2.C6H10F2/c20-19(21,22)4-3-16(27)23-9-11-1-2-13-14(7-11)26-15(25-13)10-24-17(28)12-8-18(12)5-6-18;7-6(8)4-2-1-3-5-6/h1-2,7,12H,3-6,8-10H2,(H,23,27)(H,24,28)(H,25,26);1-5H2. The number of fused-ring (bicyclic) bond motifs is 1. The van der Waals surface area contributed by atoms with E-state index < -0.39 is 30.8 Å². The number of carbonyl (C=O) groups is 2. The van der Waals surface area contributed by atoms with Crippen molar-refractivity contribution < 1.29 is 31.5 Å². The highest BCUT2D eigenvalue weighted by molar-refractivity contribution is 5.83. The molecular weight excluding hydrogens is 483 g/mol. The average molecular weight is 515 g/mol. The summed E-state index contributed by atoms with van der Waals surface area (Å²) >= 11 is 0. The van der Waals surface area contributed by atoms with Crippen molar-refractivity contribution in [1.82, 2.24) is 20.6 Å². The molecule has 198 valence electrons. The minimum Gasteiger partial charge on any atom is -0.352 e. The number of benzene rings is 1. The number of H-pyrrole nitrogens is 1. The van der Waals surface area contributed by atoms with Gasteiger partial charge in [0.05, 0.1) is 24.0 Å². The van der Waals surface area contributed by atoms with Gasteiger partial charge < -0.3 is 15.6 Å². The number of aromatic nitrogens is 2. The number of nitrogens with one attached hydrogen (secondary N) is 3. The molecule has 1 aromatic heterocycles. The molecule has 3 N–H and O–H groups in total. The largest absolute Gasteiger partial charge is 0.389 e. The summed E-state index contributed by atoms with van der Waals surface area (Å²) in [5.74, 6) is -2.08. The lowest BCUT2D eigenvalue weighted by Gasteiger charge is -2.20. The second-order valence-electron chi connectivity index (χ2n) is 10.2. The maximum atomic E-state index is 12.2. The van der Waals surface area contributed by atoms with Crippen LogP contribution in [0, 0.1) is 11.3 Å². The third kappa shape index (κ3) is 7.39. The predicted molar refractivity (Wildman–Crippen MR) is 123 cm³/mol. The van der Waals surface area contributed by atoms with Crippen LogP contribution >= 0.6 is 0 Å². The Balaban J connectivity index is 0.000000325. The van der Waals surface area contributed by atoms with Crippen LogP contribution in [0.4, 0.5) is 22.0 Å². The number of nitrogens with zero attached hydrogens (tertiary/aromatic N) is 1. The summed E-state index contributed by atoms with van der Waals surface area (Å²) in [6, 6.07) is 5.32. The van der Waals surface area contributed by atoms with Crippen LogP contribution < -0.4 is 10.6 Å². The van der Waals surface area contributed by atoms with Crippen LogP contribution in [0.15, 0.2) is 18.2 Å². The molecule has 0 bridgehead atoms. The minimum absolute atomic E-state index is 0.0835. The smallest absolute Gasteiger partial charge is 0.352 e. The first-order chi connectivity index (χ1) is 16.9. The lowest BCUT2D eigenvalue weighted by molar-refractivity contribution is -0.144. The lowest BCUT2D eigenvalue weighted by Crippen LogP contribution is -2.25. The molecule has 3 saturated carbocycles. The van der Waals surface area contributed by atoms with E-state index in [0.29, 0.717) is 30.6 Å². The molecule has 36 heavy (non-hydrogen) atoms. The normalized spacial score (nSPS) is 21.4. The van der Waals surface area contributed by atoms with Gasteiger partial charge in [-0.05, 0) is 55.2 Å². The molecule has 0 aliphatic heterocycles. The fourth-order valence-electron chi connectivity index (χ4n) is 4.64. The first kappa shape index (κ1) is 26.3. The Morgan fingerprint density at radius 1 is 1.03 bits per heavy atom. The highest BCUT2D eigenvalue weighted by Crippen LogP contribution is 2.70. The first-order valence-corrected chi connectivity index (χ1v) is 12.4. The van der Waals surface area contributed by atoms with E-state index in [1.165, 1.54) is 0 Å². The maximum Gasteiger partial charge on any atom is 0.389 e. The summed E-state index contributed by atoms with van der Waals surface area (Å²) in [6.07, 6.45) is -0.0722. The quantitative estimate of drug-likeness (QED) is 0.425. The fraction of sp³-hybridized carbons (Fsp3) is 0.640. The van der Waals surface area contributed by atoms with Crippen molar-refractivity contribution in [3.05, 3.63) is 29.6 Å². The second-order valence-corrected chi connectivity index (χ2v) is 10.2. The minimum atomic E-state index is -4.34. The van der Waals surface area contributed by atoms with E-state index in [4.69, 9.17) is 0 Å². The monoisotopic (exact) mass is 514 g/mol. The Kier molecular flexibility index (Phi) is 7.56. The lowest BCUT2D eigenvalue weighted by atomic mass is 9.97. The number of hydrogen-bond acceptors (Lipinski definition) is 3. The zero-order valence-electron chi connectivity index (χ0n) is 19.9. The van der Waals surface area contributed by atoms with Crippen molar-refractivity contribution in [3.8, 4) is 0 Å². The highest BCUT2D eigenvalue weighted by Gasteiger charge is 2.65. The van der Waals surface area contributed by atoms with Gasteiger partial charge in [0.1, 0.15) is 5.82 Å². The Labute approximate surface area is 205 Å². The molecule has 3 aliphatic rings. The van der Waals surface area contributed by atoms with Gasteiger partial charge in [-0.3, -0.25) is 9.59 Å². The number of aromatic amines is 1. The van der Waals surface area contributed by atoms with Crippen LogP contribution in [0.5, 0.6) is 0 Å². The Bertz CT molecular complexity index is 1090. The van der Waals surface area contributed by atoms with Gasteiger partial charge >= 0.3 is 6.18 Å². The van der Waals surface area contributed by atoms with Crippen molar-refractivity contribution in [2.45, 2.75) is 89.4 Å². The van der Waals surface area contributed by atoms with E-state index in [0.717, 1.165) is 42.3 Å². The predicted octanol–water partition coefficient (Wildman–Crippen LogP) is 5.52. The first-order valence-electron chi connectivity index (χ1n) is 12.4. The number of amides is 2. The number of alkyl halides is 5. The van der Waals surface area contributed by atoms with Crippen LogP contribution in [0.25, 0.3) is 11.0 Å². The van der Waals surface area contributed by atoms with E-state index in [1.807, 2.05) is 0 Å². The summed E-state index contributed by atoms with van der Waals surface area (Å²) in [5.41, 5.74) is 2.54. The third-order valence-corrected chi connectivity index (χ3v) is 7.13. The van der Waals surface area contributed by atoms with Crippen molar-refractivity contribution in [2.24, 2.45) is 11.3 Å². The molecule has 1 unspecified atom stereocenters. The van der Waals surface area contributed by atoms with E-state index in [2.05, 4.69) is 20.6 Å². The molecule has 5 rings (SSSR count). The number of imidazole rings is 1. The van der Waals surface area contributed by atoms with Gasteiger partial charge in [-0.15, -0.1) is 0 Å². The summed E-state index contributed by atoms with van der Waals surface area (Å²) in [6.45, 7) is 0.463. The van der Waals surface area contributed by atoms with E-state index in [9.17, 15) is 31.5 Å². The zero-order chi connectivity index (χ0) is 26.0. The summed E-state index contributed by atoms with van der Waals surface area (Å²) in [5, 5.41) is 5.40. The molecule has 11 heteroatoms. The summed E-state index contributed by atoms with van der Waals surface area (Å²) in [7, 11) is 0. The summed E-state index contributed by atoms with van der Waals surface area (Å²) < 4.78 is 60.8. The van der Waals surface area contributed by atoms with Crippen LogP contribution in [-0.2, 0) is 22.7 Å². The summed E-state index contributed by atoms with van der Waals surface area (Å²) in [4.78, 5) is 31.2. The molecule has 1 spiro atoms. The van der Waals surface area contributed by atoms with E-state index >= 15 is 0 Å². The molecule has 1 heterocycles. The Morgan fingerprint density at radius 3 is 2.33 bits per heavy atom. The highest BCUT2D eigenvalue weighted by atomic mass is 19.4. The molecule has 6 nitrogen and oxygen atoms in total. The molecule has 2 amide bonds. The van der Waals surface area contributed by atoms with Gasteiger partial charge in [0.25, 0.3) is 0 Å². The van der Waals surface area contributed by atoms with Crippen molar-refractivity contribution in [3.63, 3.8) is 0 Å². The van der Waals surface area contributed by atoms with Crippen molar-refractivity contribution >= 4 is 22.8 Å². The molecule has 2 aromatic rings. The molecule has 3 aliphatic carbocycles. The number of carbonyl (C=O) groups excluding carboxylic acids is 2. The van der Waals surface area contributed by atoms with E-state index in [-0.39, 0.29) is 31.2 Å². The SMILES string of the molecule is FC1(F)CCCCC1.O=C(CCC(F)(F)F)NCc1ccc2nc(CNC(=O)C3CC34CC4)[nH]c2c1. The second kappa shape index (κ2) is 10.3. The van der Waals surface area contributed by atoms with Crippen LogP contribution in [0.1, 0.15) is 75.6 Å². The van der Waals surface area contributed by atoms with Crippen molar-refractivity contribution in [1.29, 1.82) is 0 Å². The number of rotatable bonds is 7. The molecular formula is C25H31F5N4O2. The van der Waals surface area contributed by atoms with E-state index in [1.54, 1.807) is 18.2 Å². The van der Waals surface area contributed by atoms with Crippen LogP contribution in [0.2, 0.25) is 0 Å². The fourth-order valence-corrected chi connectivity index (χ4v) is 4.64. The van der Waals surface area contributed by atoms with Crippen LogP contribution in [-0.4, -0.2) is 33.9 Å². The average Bonchev–Trinajstić information content (AvgIpc) is 3.71. The third-order valence-electron chi connectivity index (χ3n) is 7.13. The maximum absolute atomic E-state index is 12.2. The number of halogens is 5. The van der Waals surface area contributed by atoms with Gasteiger partial charge in [-0.2, -0.15) is 13.2 Å². The van der Waals surface area contributed by atoms with Gasteiger partial charge in [0.15, 0.2) is 0 Å². The van der Waals surface area contributed by atoms with Gasteiger partial charge in [-0.1, -0.05) is 12.5 Å². The molecule has 0 radical (unpaired) electrons.